The van der Waals surface area contributed by atoms with Crippen LogP contribution in [0.3, 0.4) is 0 Å². The monoisotopic (exact) mass is 389 g/mol. The van der Waals surface area contributed by atoms with Crippen molar-refractivity contribution in [2.75, 3.05) is 13.1 Å². The molecule has 1 fully saturated rings. The van der Waals surface area contributed by atoms with Gasteiger partial charge in [0.15, 0.2) is 0 Å². The van der Waals surface area contributed by atoms with Gasteiger partial charge in [-0.1, -0.05) is 6.42 Å². The van der Waals surface area contributed by atoms with E-state index in [1.165, 1.54) is 62.0 Å². The van der Waals surface area contributed by atoms with Crippen LogP contribution in [0.25, 0.3) is 6.08 Å². The second kappa shape index (κ2) is 7.95. The number of carbonyl (C=O) groups is 1. The number of hydrogen-bond acceptors (Lipinski definition) is 4. The molecule has 2 aromatic heterocycles. The molecule has 4 heterocycles. The number of fused-ring (bicyclic) bond motifs is 1. The number of carbonyl (C=O) groups excluding carboxylic acids is 1. The van der Waals surface area contributed by atoms with Crippen LogP contribution < -0.4 is 5.43 Å². The predicted molar refractivity (Wildman–Crippen MR) is 113 cm³/mol. The van der Waals surface area contributed by atoms with Gasteiger partial charge in [-0.05, 0) is 81.0 Å². The molecule has 5 rings (SSSR count). The van der Waals surface area contributed by atoms with Gasteiger partial charge < -0.3 is 4.98 Å². The summed E-state index contributed by atoms with van der Waals surface area (Å²) in [7, 11) is 0. The number of aryl methyl sites for hydroxylation is 1. The number of amides is 1. The molecule has 1 amide bonds. The number of aromatic nitrogens is 2. The van der Waals surface area contributed by atoms with Crippen molar-refractivity contribution in [3.05, 3.63) is 58.2 Å². The molecule has 0 aromatic carbocycles. The summed E-state index contributed by atoms with van der Waals surface area (Å²) >= 11 is 0. The van der Waals surface area contributed by atoms with Crippen LogP contribution in [0.5, 0.6) is 0 Å². The Morgan fingerprint density at radius 1 is 1.10 bits per heavy atom. The fraction of sp³-hybridized carbons (Fsp3) is 0.435. The van der Waals surface area contributed by atoms with E-state index in [9.17, 15) is 4.79 Å². The third kappa shape index (κ3) is 3.65. The van der Waals surface area contributed by atoms with E-state index in [0.717, 1.165) is 30.6 Å². The Kier molecular flexibility index (Phi) is 5.02. The minimum absolute atomic E-state index is 0.152. The Bertz CT molecular complexity index is 967. The number of rotatable bonds is 4. The van der Waals surface area contributed by atoms with Crippen molar-refractivity contribution in [2.45, 2.75) is 51.5 Å². The first-order valence-corrected chi connectivity index (χ1v) is 10.7. The molecule has 3 aliphatic rings. The van der Waals surface area contributed by atoms with Crippen LogP contribution >= 0.6 is 0 Å². The highest BCUT2D eigenvalue weighted by Gasteiger charge is 2.27. The molecule has 1 saturated heterocycles. The Balaban J connectivity index is 1.53. The quantitative estimate of drug-likeness (QED) is 0.789. The molecular formula is C23H27N5O. The standard InChI is InChI=1S/C23H27N5O/c29-23-18(22(26-27-23)16-7-6-10-24-14-16)13-21-19(15-28-11-4-1-5-12-28)17-8-2-3-9-20(17)25-21/h6-7,10,13-14,25H,1-5,8-9,11-12,15H2,(H,27,29)/b18-13-. The Hall–Kier alpha value is -2.73. The lowest BCUT2D eigenvalue weighted by Crippen LogP contribution is -2.29. The van der Waals surface area contributed by atoms with Gasteiger partial charge in [0.2, 0.25) is 0 Å². The maximum absolute atomic E-state index is 12.6. The van der Waals surface area contributed by atoms with Gasteiger partial charge in [-0.2, -0.15) is 5.10 Å². The first-order chi connectivity index (χ1) is 14.3. The summed E-state index contributed by atoms with van der Waals surface area (Å²) in [5, 5.41) is 4.28. The fourth-order valence-electron chi connectivity index (χ4n) is 4.76. The number of nitrogens with zero attached hydrogens (tertiary/aromatic N) is 3. The molecule has 2 aliphatic heterocycles. The van der Waals surface area contributed by atoms with Gasteiger partial charge >= 0.3 is 0 Å². The van der Waals surface area contributed by atoms with E-state index in [-0.39, 0.29) is 5.91 Å². The van der Waals surface area contributed by atoms with Crippen molar-refractivity contribution in [3.8, 4) is 0 Å². The van der Waals surface area contributed by atoms with E-state index in [4.69, 9.17) is 0 Å². The number of aromatic amines is 1. The first kappa shape index (κ1) is 18.3. The molecule has 2 aromatic rings. The minimum Gasteiger partial charge on any atom is -0.358 e. The number of pyridine rings is 1. The normalized spacial score (nSPS) is 21.2. The SMILES string of the molecule is O=C1NN=C(c2cccnc2)/C1=C/c1[nH]c2c(c1CN1CCCCC1)CCCC2. The van der Waals surface area contributed by atoms with Gasteiger partial charge in [0.05, 0.1) is 5.57 Å². The van der Waals surface area contributed by atoms with E-state index in [2.05, 4.69) is 25.4 Å². The molecule has 0 radical (unpaired) electrons. The molecule has 150 valence electrons. The number of piperidine rings is 1. The lowest BCUT2D eigenvalue weighted by molar-refractivity contribution is -0.116. The van der Waals surface area contributed by atoms with Crippen LogP contribution in [0.4, 0.5) is 0 Å². The van der Waals surface area contributed by atoms with Crippen molar-refractivity contribution in [3.63, 3.8) is 0 Å². The summed E-state index contributed by atoms with van der Waals surface area (Å²) in [6.45, 7) is 3.30. The highest BCUT2D eigenvalue weighted by atomic mass is 16.2. The summed E-state index contributed by atoms with van der Waals surface area (Å²) in [5.74, 6) is -0.152. The van der Waals surface area contributed by atoms with Crippen LogP contribution in [0, 0.1) is 0 Å². The van der Waals surface area contributed by atoms with Gasteiger partial charge in [-0.25, -0.2) is 5.43 Å². The zero-order chi connectivity index (χ0) is 19.6. The molecule has 0 saturated carbocycles. The molecule has 0 bridgehead atoms. The third-order valence-corrected chi connectivity index (χ3v) is 6.27. The second-order valence-electron chi connectivity index (χ2n) is 8.22. The molecule has 29 heavy (non-hydrogen) atoms. The van der Waals surface area contributed by atoms with Crippen LogP contribution in [-0.4, -0.2) is 39.6 Å². The molecule has 6 nitrogen and oxygen atoms in total. The summed E-state index contributed by atoms with van der Waals surface area (Å²) in [6, 6.07) is 3.81. The number of nitrogens with one attached hydrogen (secondary N) is 2. The fourth-order valence-corrected chi connectivity index (χ4v) is 4.76. The zero-order valence-corrected chi connectivity index (χ0v) is 16.7. The summed E-state index contributed by atoms with van der Waals surface area (Å²) < 4.78 is 0. The van der Waals surface area contributed by atoms with E-state index in [1.807, 2.05) is 18.2 Å². The van der Waals surface area contributed by atoms with Gasteiger partial charge in [0.25, 0.3) is 5.91 Å². The van der Waals surface area contributed by atoms with Crippen LogP contribution in [0.1, 0.15) is 60.2 Å². The summed E-state index contributed by atoms with van der Waals surface area (Å²) in [6.07, 6.45) is 14.1. The van der Waals surface area contributed by atoms with Crippen molar-refractivity contribution < 1.29 is 4.79 Å². The second-order valence-corrected chi connectivity index (χ2v) is 8.22. The highest BCUT2D eigenvalue weighted by molar-refractivity contribution is 6.33. The van der Waals surface area contributed by atoms with Crippen LogP contribution in [0.15, 0.2) is 35.2 Å². The lowest BCUT2D eigenvalue weighted by Gasteiger charge is -2.27. The Morgan fingerprint density at radius 3 is 2.79 bits per heavy atom. The highest BCUT2D eigenvalue weighted by Crippen LogP contribution is 2.31. The average Bonchev–Trinajstić information content (AvgIpc) is 3.30. The smallest absolute Gasteiger partial charge is 0.273 e. The summed E-state index contributed by atoms with van der Waals surface area (Å²) in [4.78, 5) is 23.0. The molecule has 0 spiro atoms. The topological polar surface area (TPSA) is 73.4 Å². The molecular weight excluding hydrogens is 362 g/mol. The van der Waals surface area contributed by atoms with E-state index >= 15 is 0 Å². The van der Waals surface area contributed by atoms with Gasteiger partial charge in [-0.15, -0.1) is 0 Å². The van der Waals surface area contributed by atoms with Gasteiger partial charge in [0.1, 0.15) is 5.71 Å². The number of hydrazone groups is 1. The van der Waals surface area contributed by atoms with Crippen molar-refractivity contribution >= 4 is 17.7 Å². The Morgan fingerprint density at radius 2 is 1.97 bits per heavy atom. The maximum atomic E-state index is 12.6. The van der Waals surface area contributed by atoms with Crippen molar-refractivity contribution in [2.24, 2.45) is 5.10 Å². The van der Waals surface area contributed by atoms with Gasteiger partial charge in [0, 0.05) is 35.9 Å². The molecule has 6 heteroatoms. The number of hydrogen-bond donors (Lipinski definition) is 2. The molecule has 0 unspecified atom stereocenters. The predicted octanol–water partition coefficient (Wildman–Crippen LogP) is 3.19. The van der Waals surface area contributed by atoms with E-state index < -0.39 is 0 Å². The van der Waals surface area contributed by atoms with Crippen LogP contribution in [0.2, 0.25) is 0 Å². The first-order valence-electron chi connectivity index (χ1n) is 10.7. The molecule has 2 N–H and O–H groups in total. The Labute approximate surface area is 171 Å². The molecule has 0 atom stereocenters. The average molecular weight is 390 g/mol. The summed E-state index contributed by atoms with van der Waals surface area (Å²) in [5.41, 5.74) is 10.0. The maximum Gasteiger partial charge on any atom is 0.273 e. The molecule has 1 aliphatic carbocycles. The van der Waals surface area contributed by atoms with E-state index in [1.54, 1.807) is 12.4 Å². The zero-order valence-electron chi connectivity index (χ0n) is 16.7. The van der Waals surface area contributed by atoms with Crippen molar-refractivity contribution in [1.29, 1.82) is 0 Å². The van der Waals surface area contributed by atoms with Gasteiger partial charge in [-0.3, -0.25) is 14.7 Å². The van der Waals surface area contributed by atoms with Crippen LogP contribution in [-0.2, 0) is 24.2 Å². The minimum atomic E-state index is -0.152. The van der Waals surface area contributed by atoms with Crippen molar-refractivity contribution in [1.82, 2.24) is 20.3 Å². The number of likely N-dealkylation sites (tertiary alicyclic amines) is 1. The third-order valence-electron chi connectivity index (χ3n) is 6.27. The largest absolute Gasteiger partial charge is 0.358 e. The number of H-pyrrole nitrogens is 1. The van der Waals surface area contributed by atoms with E-state index in [0.29, 0.717) is 11.3 Å². The lowest BCUT2D eigenvalue weighted by atomic mass is 9.93.